The number of hydrogen-bond donors (Lipinski definition) is 1. The van der Waals surface area contributed by atoms with E-state index in [0.717, 1.165) is 57.1 Å². The average Bonchev–Trinajstić information content (AvgIpc) is 3.09. The molecule has 1 aromatic heterocycles. The van der Waals surface area contributed by atoms with Crippen LogP contribution in [0.3, 0.4) is 0 Å². The zero-order valence-electron chi connectivity index (χ0n) is 18.9. The van der Waals surface area contributed by atoms with Gasteiger partial charge in [-0.25, -0.2) is 4.79 Å². The van der Waals surface area contributed by atoms with E-state index in [4.69, 9.17) is 9.15 Å². The van der Waals surface area contributed by atoms with Gasteiger partial charge < -0.3 is 14.3 Å². The Labute approximate surface area is 190 Å². The Hall–Kier alpha value is -2.35. The summed E-state index contributed by atoms with van der Waals surface area (Å²) in [5.41, 5.74) is 0.678. The molecule has 2 aliphatic rings. The maximum atomic E-state index is 12.4. The van der Waals surface area contributed by atoms with E-state index in [1.54, 1.807) is 0 Å². The average molecular weight is 442 g/mol. The van der Waals surface area contributed by atoms with Gasteiger partial charge in [0.1, 0.15) is 24.4 Å². The van der Waals surface area contributed by atoms with Crippen molar-refractivity contribution in [3.8, 4) is 11.5 Å². The topological polar surface area (TPSA) is 69.4 Å². The predicted molar refractivity (Wildman–Crippen MR) is 124 cm³/mol. The molecule has 2 aromatic rings. The van der Waals surface area contributed by atoms with Gasteiger partial charge in [-0.2, -0.15) is 0 Å². The number of hydrogen-bond acceptors (Lipinski definition) is 7. The van der Waals surface area contributed by atoms with Crippen molar-refractivity contribution in [3.63, 3.8) is 0 Å². The van der Waals surface area contributed by atoms with E-state index in [1.807, 2.05) is 30.3 Å². The Morgan fingerprint density at radius 3 is 2.22 bits per heavy atom. The van der Waals surface area contributed by atoms with Crippen molar-refractivity contribution in [1.29, 1.82) is 0 Å². The van der Waals surface area contributed by atoms with Gasteiger partial charge in [0.2, 0.25) is 0 Å². The highest BCUT2D eigenvalue weighted by Gasteiger charge is 2.22. The molecule has 7 heteroatoms. The highest BCUT2D eigenvalue weighted by atomic mass is 16.5. The first-order valence-corrected chi connectivity index (χ1v) is 11.9. The number of rotatable bonds is 8. The van der Waals surface area contributed by atoms with E-state index in [-0.39, 0.29) is 5.75 Å². The summed E-state index contributed by atoms with van der Waals surface area (Å²) in [7, 11) is 0. The molecule has 0 saturated carbocycles. The maximum Gasteiger partial charge on any atom is 0.343 e. The molecule has 3 heterocycles. The highest BCUT2D eigenvalue weighted by Crippen LogP contribution is 2.24. The zero-order valence-corrected chi connectivity index (χ0v) is 18.9. The first kappa shape index (κ1) is 22.8. The van der Waals surface area contributed by atoms with Crippen LogP contribution >= 0.6 is 0 Å². The van der Waals surface area contributed by atoms with E-state index in [0.29, 0.717) is 25.3 Å². The minimum atomic E-state index is -0.430. The van der Waals surface area contributed by atoms with Gasteiger partial charge in [0, 0.05) is 51.4 Å². The number of aromatic hydroxyl groups is 1. The van der Waals surface area contributed by atoms with Crippen molar-refractivity contribution in [1.82, 2.24) is 14.7 Å². The van der Waals surface area contributed by atoms with Crippen LogP contribution in [0.4, 0.5) is 0 Å². The molecule has 0 unspecified atom stereocenters. The fraction of sp³-hybridized carbons (Fsp3) is 0.560. The molecule has 0 aliphatic carbocycles. The highest BCUT2D eigenvalue weighted by molar-refractivity contribution is 5.36. The largest absolute Gasteiger partial charge is 0.507 e. The van der Waals surface area contributed by atoms with Crippen LogP contribution in [-0.2, 0) is 13.1 Å². The van der Waals surface area contributed by atoms with Crippen molar-refractivity contribution < 1.29 is 14.3 Å². The molecular weight excluding hydrogens is 406 g/mol. The van der Waals surface area contributed by atoms with E-state index in [1.165, 1.54) is 31.9 Å². The Bertz CT molecular complexity index is 886. The predicted octanol–water partition coefficient (Wildman–Crippen LogP) is 2.92. The zero-order chi connectivity index (χ0) is 22.2. The fourth-order valence-corrected chi connectivity index (χ4v) is 4.53. The summed E-state index contributed by atoms with van der Waals surface area (Å²) >= 11 is 0. The lowest BCUT2D eigenvalue weighted by Gasteiger charge is -2.34. The van der Waals surface area contributed by atoms with E-state index < -0.39 is 5.63 Å². The number of ether oxygens (including phenoxy) is 1. The number of para-hydroxylation sites is 1. The van der Waals surface area contributed by atoms with Crippen LogP contribution in [0.25, 0.3) is 0 Å². The minimum Gasteiger partial charge on any atom is -0.507 e. The van der Waals surface area contributed by atoms with Crippen LogP contribution in [-0.4, -0.2) is 72.2 Å². The molecule has 174 valence electrons. The lowest BCUT2D eigenvalue weighted by molar-refractivity contribution is 0.111. The summed E-state index contributed by atoms with van der Waals surface area (Å²) in [4.78, 5) is 19.3. The maximum absolute atomic E-state index is 12.4. The van der Waals surface area contributed by atoms with Crippen molar-refractivity contribution in [2.45, 2.75) is 38.8 Å². The quantitative estimate of drug-likeness (QED) is 0.675. The molecule has 0 bridgehead atoms. The molecule has 2 aliphatic heterocycles. The lowest BCUT2D eigenvalue weighted by atomic mass is 10.1. The van der Waals surface area contributed by atoms with Crippen molar-refractivity contribution in [2.75, 3.05) is 52.4 Å². The molecule has 1 N–H and O–H groups in total. The van der Waals surface area contributed by atoms with Crippen molar-refractivity contribution in [3.05, 3.63) is 58.1 Å². The van der Waals surface area contributed by atoms with Gasteiger partial charge in [-0.1, -0.05) is 31.0 Å². The van der Waals surface area contributed by atoms with E-state index >= 15 is 0 Å². The first-order chi connectivity index (χ1) is 15.7. The number of likely N-dealkylation sites (tertiary alicyclic amines) is 1. The Balaban J connectivity index is 1.27. The van der Waals surface area contributed by atoms with Crippen molar-refractivity contribution in [2.24, 2.45) is 0 Å². The molecule has 4 rings (SSSR count). The van der Waals surface area contributed by atoms with Gasteiger partial charge in [0.05, 0.1) is 5.56 Å². The van der Waals surface area contributed by atoms with E-state index in [2.05, 4.69) is 14.7 Å². The number of benzene rings is 1. The third-order valence-electron chi connectivity index (χ3n) is 6.50. The summed E-state index contributed by atoms with van der Waals surface area (Å²) < 4.78 is 11.1. The SMILES string of the molecule is O=c1occ(CN2CCCCCC2)c(O)c1CN1CCN(CCOc2ccccc2)CC1. The number of piperazine rings is 1. The molecule has 2 fully saturated rings. The van der Waals surface area contributed by atoms with Crippen LogP contribution in [0, 0.1) is 0 Å². The van der Waals surface area contributed by atoms with Gasteiger partial charge in [0.15, 0.2) is 0 Å². The van der Waals surface area contributed by atoms with Crippen LogP contribution < -0.4 is 10.4 Å². The van der Waals surface area contributed by atoms with Crippen LogP contribution in [0.5, 0.6) is 11.5 Å². The molecule has 0 atom stereocenters. The standard InChI is InChI=1S/C25H35N3O4/c29-24-21(18-27-10-6-1-2-7-11-27)20-32-25(30)23(24)19-28-14-12-26(13-15-28)16-17-31-22-8-4-3-5-9-22/h3-5,8-9,20,29H,1-2,6-7,10-19H2. The van der Waals surface area contributed by atoms with Gasteiger partial charge in [-0.15, -0.1) is 0 Å². The molecule has 1 aromatic carbocycles. The van der Waals surface area contributed by atoms with Gasteiger partial charge in [-0.05, 0) is 38.1 Å². The molecule has 0 amide bonds. The molecule has 2 saturated heterocycles. The summed E-state index contributed by atoms with van der Waals surface area (Å²) in [6.45, 7) is 8.19. The molecular formula is C25H35N3O4. The molecule has 0 radical (unpaired) electrons. The lowest BCUT2D eigenvalue weighted by Crippen LogP contribution is -2.47. The molecule has 7 nitrogen and oxygen atoms in total. The van der Waals surface area contributed by atoms with Gasteiger partial charge in [-0.3, -0.25) is 14.7 Å². The van der Waals surface area contributed by atoms with Gasteiger partial charge >= 0.3 is 5.63 Å². The second kappa shape index (κ2) is 11.5. The molecule has 0 spiro atoms. The van der Waals surface area contributed by atoms with E-state index in [9.17, 15) is 9.90 Å². The van der Waals surface area contributed by atoms with Crippen molar-refractivity contribution >= 4 is 0 Å². The number of nitrogens with zero attached hydrogens (tertiary/aromatic N) is 3. The third-order valence-corrected chi connectivity index (χ3v) is 6.50. The van der Waals surface area contributed by atoms with Crippen LogP contribution in [0.2, 0.25) is 0 Å². The Morgan fingerprint density at radius 1 is 0.844 bits per heavy atom. The second-order valence-electron chi connectivity index (χ2n) is 8.85. The van der Waals surface area contributed by atoms with Crippen LogP contribution in [0.1, 0.15) is 36.8 Å². The summed E-state index contributed by atoms with van der Waals surface area (Å²) in [5, 5.41) is 10.8. The Morgan fingerprint density at radius 2 is 1.50 bits per heavy atom. The second-order valence-corrected chi connectivity index (χ2v) is 8.85. The fourth-order valence-electron chi connectivity index (χ4n) is 4.53. The van der Waals surface area contributed by atoms with Gasteiger partial charge in [0.25, 0.3) is 0 Å². The summed E-state index contributed by atoms with van der Waals surface area (Å²) in [6, 6.07) is 9.87. The third kappa shape index (κ3) is 6.34. The monoisotopic (exact) mass is 441 g/mol. The first-order valence-electron chi connectivity index (χ1n) is 11.9. The smallest absolute Gasteiger partial charge is 0.343 e. The van der Waals surface area contributed by atoms with Crippen LogP contribution in [0.15, 0.2) is 45.8 Å². The normalized spacial score (nSPS) is 19.0. The Kier molecular flexibility index (Phi) is 8.20. The summed E-state index contributed by atoms with van der Waals surface area (Å²) in [6.07, 6.45) is 6.34. The minimum absolute atomic E-state index is 0.115. The summed E-state index contributed by atoms with van der Waals surface area (Å²) in [5.74, 6) is 1.01. The molecule has 32 heavy (non-hydrogen) atoms.